The van der Waals surface area contributed by atoms with E-state index in [4.69, 9.17) is 0 Å². The van der Waals surface area contributed by atoms with Crippen LogP contribution in [0.25, 0.3) is 0 Å². The van der Waals surface area contributed by atoms with Gasteiger partial charge in [0.15, 0.2) is 0 Å². The Morgan fingerprint density at radius 2 is 2.17 bits per heavy atom. The molecule has 0 nitrogen and oxygen atoms in total. The number of fused-ring (bicyclic) bond motifs is 2. The SMILES string of the molecule is C=C1CC2CC[C@]1(CC)C2(C)C. The highest BCUT2D eigenvalue weighted by molar-refractivity contribution is 5.27. The Morgan fingerprint density at radius 1 is 1.50 bits per heavy atom. The first-order valence-electron chi connectivity index (χ1n) is 5.23. The number of hydrogen-bond acceptors (Lipinski definition) is 0. The molecule has 0 spiro atoms. The van der Waals surface area contributed by atoms with Crippen molar-refractivity contribution in [1.82, 2.24) is 0 Å². The second-order valence-electron chi connectivity index (χ2n) is 5.20. The molecule has 0 saturated heterocycles. The van der Waals surface area contributed by atoms with Crippen LogP contribution >= 0.6 is 0 Å². The number of allylic oxidation sites excluding steroid dienone is 1. The van der Waals surface area contributed by atoms with Gasteiger partial charge in [0.2, 0.25) is 0 Å². The predicted octanol–water partition coefficient (Wildman–Crippen LogP) is 3.78. The first-order chi connectivity index (χ1) is 5.54. The van der Waals surface area contributed by atoms with E-state index in [1.54, 1.807) is 5.57 Å². The summed E-state index contributed by atoms with van der Waals surface area (Å²) in [5, 5.41) is 0. The van der Waals surface area contributed by atoms with Gasteiger partial charge in [-0.15, -0.1) is 0 Å². The highest BCUT2D eigenvalue weighted by Gasteiger charge is 2.59. The van der Waals surface area contributed by atoms with Crippen LogP contribution in [0, 0.1) is 16.7 Å². The zero-order chi connectivity index (χ0) is 8.98. The standard InChI is InChI=1S/C12H20/c1-5-12-7-6-10(8-9(12)2)11(12,3)4/h10H,2,5-8H2,1,3-4H3/t10?,12-/m0/s1. The van der Waals surface area contributed by atoms with Gasteiger partial charge in [-0.25, -0.2) is 0 Å². The fourth-order valence-corrected chi connectivity index (χ4v) is 3.86. The molecule has 2 bridgehead atoms. The Labute approximate surface area is 76.1 Å². The summed E-state index contributed by atoms with van der Waals surface area (Å²) in [6.07, 6.45) is 5.45. The summed E-state index contributed by atoms with van der Waals surface area (Å²) in [5.74, 6) is 0.935. The Hall–Kier alpha value is -0.260. The second-order valence-corrected chi connectivity index (χ2v) is 5.20. The Bertz CT molecular complexity index is 224. The van der Waals surface area contributed by atoms with Gasteiger partial charge < -0.3 is 0 Å². The Balaban J connectivity index is 2.46. The van der Waals surface area contributed by atoms with Crippen LogP contribution in [0.15, 0.2) is 12.2 Å². The normalized spacial score (nSPS) is 43.9. The van der Waals surface area contributed by atoms with Crippen molar-refractivity contribution in [3.63, 3.8) is 0 Å². The molecule has 0 N–H and O–H groups in total. The first-order valence-corrected chi connectivity index (χ1v) is 5.23. The van der Waals surface area contributed by atoms with Gasteiger partial charge in [0.05, 0.1) is 0 Å². The minimum atomic E-state index is 0.512. The lowest BCUT2D eigenvalue weighted by Crippen LogP contribution is -2.30. The third kappa shape index (κ3) is 0.654. The van der Waals surface area contributed by atoms with E-state index in [9.17, 15) is 0 Å². The minimum absolute atomic E-state index is 0.512. The fourth-order valence-electron chi connectivity index (χ4n) is 3.86. The molecule has 2 atom stereocenters. The van der Waals surface area contributed by atoms with Crippen molar-refractivity contribution in [1.29, 1.82) is 0 Å². The summed E-state index contributed by atoms with van der Waals surface area (Å²) in [5.41, 5.74) is 2.60. The van der Waals surface area contributed by atoms with Crippen LogP contribution in [-0.2, 0) is 0 Å². The van der Waals surface area contributed by atoms with E-state index < -0.39 is 0 Å². The summed E-state index contributed by atoms with van der Waals surface area (Å²) >= 11 is 0. The molecule has 0 heterocycles. The van der Waals surface area contributed by atoms with Crippen molar-refractivity contribution in [3.05, 3.63) is 12.2 Å². The average Bonchev–Trinajstić information content (AvgIpc) is 2.36. The van der Waals surface area contributed by atoms with Crippen molar-refractivity contribution < 1.29 is 0 Å². The average molecular weight is 164 g/mol. The zero-order valence-corrected chi connectivity index (χ0v) is 8.61. The van der Waals surface area contributed by atoms with E-state index in [1.807, 2.05) is 0 Å². The lowest BCUT2D eigenvalue weighted by molar-refractivity contribution is 0.153. The molecule has 0 aromatic heterocycles. The van der Waals surface area contributed by atoms with E-state index in [1.165, 1.54) is 25.7 Å². The molecule has 0 aliphatic heterocycles. The molecule has 1 unspecified atom stereocenters. The lowest BCUT2D eigenvalue weighted by Gasteiger charge is -2.38. The van der Waals surface area contributed by atoms with Gasteiger partial charge in [0.1, 0.15) is 0 Å². The molecule has 2 saturated carbocycles. The quantitative estimate of drug-likeness (QED) is 0.517. The number of rotatable bonds is 1. The van der Waals surface area contributed by atoms with Crippen LogP contribution in [0.1, 0.15) is 46.5 Å². The summed E-state index contributed by atoms with van der Waals surface area (Å²) in [6.45, 7) is 11.5. The van der Waals surface area contributed by atoms with Crippen molar-refractivity contribution >= 4 is 0 Å². The van der Waals surface area contributed by atoms with E-state index in [2.05, 4.69) is 27.4 Å². The molecule has 12 heavy (non-hydrogen) atoms. The third-order valence-electron chi connectivity index (χ3n) is 4.95. The summed E-state index contributed by atoms with van der Waals surface area (Å²) < 4.78 is 0. The Morgan fingerprint density at radius 3 is 2.42 bits per heavy atom. The van der Waals surface area contributed by atoms with Crippen LogP contribution in [0.3, 0.4) is 0 Å². The van der Waals surface area contributed by atoms with Crippen molar-refractivity contribution in [2.75, 3.05) is 0 Å². The molecule has 0 aromatic carbocycles. The summed E-state index contributed by atoms with van der Waals surface area (Å²) in [6, 6.07) is 0. The van der Waals surface area contributed by atoms with Crippen LogP contribution in [0.5, 0.6) is 0 Å². The molecular weight excluding hydrogens is 144 g/mol. The smallest absolute Gasteiger partial charge is 0.00393 e. The molecule has 2 rings (SSSR count). The van der Waals surface area contributed by atoms with Gasteiger partial charge in [-0.05, 0) is 42.4 Å². The summed E-state index contributed by atoms with van der Waals surface area (Å²) in [7, 11) is 0. The van der Waals surface area contributed by atoms with Crippen molar-refractivity contribution in [2.45, 2.75) is 46.5 Å². The minimum Gasteiger partial charge on any atom is -0.0993 e. The van der Waals surface area contributed by atoms with Crippen LogP contribution < -0.4 is 0 Å². The van der Waals surface area contributed by atoms with E-state index >= 15 is 0 Å². The lowest BCUT2D eigenvalue weighted by atomic mass is 9.66. The number of hydrogen-bond donors (Lipinski definition) is 0. The zero-order valence-electron chi connectivity index (χ0n) is 8.61. The predicted molar refractivity (Wildman–Crippen MR) is 53.0 cm³/mol. The van der Waals surface area contributed by atoms with Gasteiger partial charge in [0, 0.05) is 0 Å². The summed E-state index contributed by atoms with van der Waals surface area (Å²) in [4.78, 5) is 0. The van der Waals surface area contributed by atoms with Crippen molar-refractivity contribution in [2.24, 2.45) is 16.7 Å². The molecule has 0 amide bonds. The molecule has 0 radical (unpaired) electrons. The van der Waals surface area contributed by atoms with Gasteiger partial charge in [-0.3, -0.25) is 0 Å². The largest absolute Gasteiger partial charge is 0.0993 e. The highest BCUT2D eigenvalue weighted by atomic mass is 14.6. The fraction of sp³-hybridized carbons (Fsp3) is 0.833. The van der Waals surface area contributed by atoms with Crippen LogP contribution in [-0.4, -0.2) is 0 Å². The highest BCUT2D eigenvalue weighted by Crippen LogP contribution is 2.69. The topological polar surface area (TPSA) is 0 Å². The molecule has 2 aliphatic carbocycles. The van der Waals surface area contributed by atoms with Gasteiger partial charge in [-0.1, -0.05) is 32.9 Å². The van der Waals surface area contributed by atoms with E-state index in [0.717, 1.165) is 5.92 Å². The maximum atomic E-state index is 4.28. The Kier molecular flexibility index (Phi) is 1.50. The second kappa shape index (κ2) is 2.16. The first kappa shape index (κ1) is 8.34. The van der Waals surface area contributed by atoms with Crippen LogP contribution in [0.4, 0.5) is 0 Å². The maximum Gasteiger partial charge on any atom is -0.00393 e. The third-order valence-corrected chi connectivity index (χ3v) is 4.95. The molecule has 2 aliphatic rings. The van der Waals surface area contributed by atoms with Gasteiger partial charge in [0.25, 0.3) is 0 Å². The molecular formula is C12H20. The van der Waals surface area contributed by atoms with E-state index in [0.29, 0.717) is 10.8 Å². The van der Waals surface area contributed by atoms with Gasteiger partial charge >= 0.3 is 0 Å². The van der Waals surface area contributed by atoms with Crippen LogP contribution in [0.2, 0.25) is 0 Å². The molecule has 0 heteroatoms. The molecule has 0 aromatic rings. The maximum absolute atomic E-state index is 4.28. The van der Waals surface area contributed by atoms with Crippen molar-refractivity contribution in [3.8, 4) is 0 Å². The van der Waals surface area contributed by atoms with E-state index in [-0.39, 0.29) is 0 Å². The van der Waals surface area contributed by atoms with Gasteiger partial charge in [-0.2, -0.15) is 0 Å². The molecule has 2 fully saturated rings. The monoisotopic (exact) mass is 164 g/mol. The molecule has 68 valence electrons.